The van der Waals surface area contributed by atoms with Crippen LogP contribution in [0.25, 0.3) is 0 Å². The van der Waals surface area contributed by atoms with Crippen molar-refractivity contribution in [3.8, 4) is 11.5 Å². The van der Waals surface area contributed by atoms with Crippen LogP contribution in [0.4, 0.5) is 5.69 Å². The fourth-order valence-electron chi connectivity index (χ4n) is 3.38. The summed E-state index contributed by atoms with van der Waals surface area (Å²) in [5, 5.41) is 3.32. The molecule has 0 aliphatic heterocycles. The second-order valence-corrected chi connectivity index (χ2v) is 10.0. The molecule has 34 heavy (non-hydrogen) atoms. The van der Waals surface area contributed by atoms with Crippen LogP contribution in [0.3, 0.4) is 0 Å². The Hall–Kier alpha value is -3.23. The number of aryl methyl sites for hydroxylation is 1. The summed E-state index contributed by atoms with van der Waals surface area (Å²) in [6.07, 6.45) is 0. The molecule has 0 aliphatic carbocycles. The van der Waals surface area contributed by atoms with Gasteiger partial charge in [-0.05, 0) is 67.9 Å². The Kier molecular flexibility index (Phi) is 8.06. The monoisotopic (exact) mass is 502 g/mol. The summed E-state index contributed by atoms with van der Waals surface area (Å²) in [7, 11) is -0.929. The number of anilines is 1. The standard InChI is InChI=1S/C25H27ClN2O5S/c1-17-5-12-22(13-6-17)34(30,31)28(21-10-8-20(26)9-11-21)16-25(29)27-18(2)19-7-14-23(32-3)24(15-19)33-4/h5-15,18H,16H2,1-4H3,(H,27,29)/t18-/m1/s1. The Morgan fingerprint density at radius 2 is 1.59 bits per heavy atom. The Morgan fingerprint density at radius 3 is 2.18 bits per heavy atom. The maximum Gasteiger partial charge on any atom is 0.264 e. The molecule has 0 spiro atoms. The van der Waals surface area contributed by atoms with E-state index < -0.39 is 28.5 Å². The molecule has 3 aromatic carbocycles. The third-order valence-corrected chi connectivity index (χ3v) is 7.34. The lowest BCUT2D eigenvalue weighted by Crippen LogP contribution is -2.41. The minimum Gasteiger partial charge on any atom is -0.493 e. The van der Waals surface area contributed by atoms with Gasteiger partial charge in [0.15, 0.2) is 11.5 Å². The van der Waals surface area contributed by atoms with Crippen LogP contribution in [0, 0.1) is 6.92 Å². The van der Waals surface area contributed by atoms with Crippen molar-refractivity contribution in [1.82, 2.24) is 5.32 Å². The Balaban J connectivity index is 1.87. The number of hydrogen-bond donors (Lipinski definition) is 1. The predicted molar refractivity (Wildman–Crippen MR) is 133 cm³/mol. The lowest BCUT2D eigenvalue weighted by Gasteiger charge is -2.25. The number of nitrogens with one attached hydrogen (secondary N) is 1. The number of rotatable bonds is 9. The first-order valence-electron chi connectivity index (χ1n) is 10.5. The van der Waals surface area contributed by atoms with Crippen molar-refractivity contribution in [1.29, 1.82) is 0 Å². The average molecular weight is 503 g/mol. The molecule has 3 rings (SSSR count). The lowest BCUT2D eigenvalue weighted by molar-refractivity contribution is -0.120. The quantitative estimate of drug-likeness (QED) is 0.457. The molecular weight excluding hydrogens is 476 g/mol. The zero-order chi connectivity index (χ0) is 24.9. The largest absolute Gasteiger partial charge is 0.493 e. The number of nitrogens with zero attached hydrogens (tertiary/aromatic N) is 1. The molecule has 0 aromatic heterocycles. The van der Waals surface area contributed by atoms with Crippen LogP contribution >= 0.6 is 11.6 Å². The topological polar surface area (TPSA) is 84.9 Å². The molecule has 3 aromatic rings. The van der Waals surface area contributed by atoms with E-state index in [0.717, 1.165) is 15.4 Å². The molecule has 0 unspecified atom stereocenters. The van der Waals surface area contributed by atoms with E-state index in [0.29, 0.717) is 22.2 Å². The fraction of sp³-hybridized carbons (Fsp3) is 0.240. The highest BCUT2D eigenvalue weighted by molar-refractivity contribution is 7.92. The second-order valence-electron chi connectivity index (χ2n) is 7.70. The molecule has 1 amide bonds. The molecule has 0 radical (unpaired) electrons. The van der Waals surface area contributed by atoms with Crippen molar-refractivity contribution in [2.24, 2.45) is 0 Å². The predicted octanol–water partition coefficient (Wildman–Crippen LogP) is 4.74. The maximum absolute atomic E-state index is 13.5. The fourth-order valence-corrected chi connectivity index (χ4v) is 4.93. The van der Waals surface area contributed by atoms with Crippen molar-refractivity contribution in [2.45, 2.75) is 24.8 Å². The molecule has 1 N–H and O–H groups in total. The minimum absolute atomic E-state index is 0.0915. The highest BCUT2D eigenvalue weighted by Crippen LogP contribution is 2.30. The first-order chi connectivity index (χ1) is 16.1. The van der Waals surface area contributed by atoms with Gasteiger partial charge in [-0.25, -0.2) is 8.42 Å². The number of ether oxygens (including phenoxy) is 2. The van der Waals surface area contributed by atoms with Gasteiger partial charge in [0.25, 0.3) is 10.0 Å². The molecule has 0 bridgehead atoms. The van der Waals surface area contributed by atoms with Crippen molar-refractivity contribution < 1.29 is 22.7 Å². The van der Waals surface area contributed by atoms with Crippen molar-refractivity contribution >= 4 is 33.2 Å². The summed E-state index contributed by atoms with van der Waals surface area (Å²) < 4.78 is 38.6. The smallest absolute Gasteiger partial charge is 0.264 e. The summed E-state index contributed by atoms with van der Waals surface area (Å²) in [6.45, 7) is 3.27. The van der Waals surface area contributed by atoms with E-state index in [4.69, 9.17) is 21.1 Å². The number of hydrogen-bond acceptors (Lipinski definition) is 5. The van der Waals surface area contributed by atoms with Gasteiger partial charge in [0.1, 0.15) is 6.54 Å². The third kappa shape index (κ3) is 5.81. The van der Waals surface area contributed by atoms with Crippen LogP contribution in [-0.2, 0) is 14.8 Å². The summed E-state index contributed by atoms with van der Waals surface area (Å²) >= 11 is 5.99. The van der Waals surface area contributed by atoms with Gasteiger partial charge in [-0.3, -0.25) is 9.10 Å². The van der Waals surface area contributed by atoms with Gasteiger partial charge in [-0.15, -0.1) is 0 Å². The SMILES string of the molecule is COc1ccc([C@@H](C)NC(=O)CN(c2ccc(Cl)cc2)S(=O)(=O)c2ccc(C)cc2)cc1OC. The summed E-state index contributed by atoms with van der Waals surface area (Å²) in [4.78, 5) is 13.1. The average Bonchev–Trinajstić information content (AvgIpc) is 2.82. The maximum atomic E-state index is 13.5. The van der Waals surface area contributed by atoms with Gasteiger partial charge < -0.3 is 14.8 Å². The third-order valence-electron chi connectivity index (χ3n) is 5.30. The lowest BCUT2D eigenvalue weighted by atomic mass is 10.1. The number of carbonyl (C=O) groups is 1. The van der Waals surface area contributed by atoms with Crippen molar-refractivity contribution in [3.05, 3.63) is 82.9 Å². The van der Waals surface area contributed by atoms with Crippen LogP contribution in [-0.4, -0.2) is 35.1 Å². The molecule has 180 valence electrons. The molecule has 0 heterocycles. The Labute approximate surface area is 205 Å². The number of methoxy groups -OCH3 is 2. The van der Waals surface area contributed by atoms with Gasteiger partial charge in [0, 0.05) is 5.02 Å². The van der Waals surface area contributed by atoms with Gasteiger partial charge >= 0.3 is 0 Å². The zero-order valence-electron chi connectivity index (χ0n) is 19.4. The van der Waals surface area contributed by atoms with E-state index in [1.54, 1.807) is 62.6 Å². The van der Waals surface area contributed by atoms with Crippen molar-refractivity contribution in [3.63, 3.8) is 0 Å². The van der Waals surface area contributed by atoms with E-state index in [9.17, 15) is 13.2 Å². The Morgan fingerprint density at radius 1 is 0.971 bits per heavy atom. The van der Waals surface area contributed by atoms with Crippen LogP contribution in [0.5, 0.6) is 11.5 Å². The van der Waals surface area contributed by atoms with Crippen molar-refractivity contribution in [2.75, 3.05) is 25.1 Å². The van der Waals surface area contributed by atoms with Crippen LogP contribution in [0.1, 0.15) is 24.1 Å². The molecule has 0 saturated carbocycles. The van der Waals surface area contributed by atoms with E-state index in [1.165, 1.54) is 19.2 Å². The first kappa shape index (κ1) is 25.4. The highest BCUT2D eigenvalue weighted by Gasteiger charge is 2.28. The van der Waals surface area contributed by atoms with Gasteiger partial charge in [-0.2, -0.15) is 0 Å². The molecule has 0 aliphatic rings. The number of carbonyl (C=O) groups excluding carboxylic acids is 1. The summed E-state index contributed by atoms with van der Waals surface area (Å²) in [5.74, 6) is 0.640. The number of amides is 1. The molecule has 1 atom stereocenters. The van der Waals surface area contributed by atoms with Gasteiger partial charge in [0.05, 0.1) is 30.8 Å². The van der Waals surface area contributed by atoms with E-state index in [-0.39, 0.29) is 4.90 Å². The van der Waals surface area contributed by atoms with Crippen LogP contribution in [0.2, 0.25) is 5.02 Å². The molecule has 9 heteroatoms. The highest BCUT2D eigenvalue weighted by atomic mass is 35.5. The molecule has 7 nitrogen and oxygen atoms in total. The number of benzene rings is 3. The van der Waals surface area contributed by atoms with E-state index in [1.807, 2.05) is 13.0 Å². The van der Waals surface area contributed by atoms with E-state index >= 15 is 0 Å². The minimum atomic E-state index is -4.01. The van der Waals surface area contributed by atoms with Gasteiger partial charge in [0.2, 0.25) is 5.91 Å². The number of sulfonamides is 1. The van der Waals surface area contributed by atoms with Crippen LogP contribution in [0.15, 0.2) is 71.6 Å². The normalized spacial score (nSPS) is 12.0. The first-order valence-corrected chi connectivity index (χ1v) is 12.3. The summed E-state index contributed by atoms with van der Waals surface area (Å²) in [6, 6.07) is 17.7. The number of halogens is 1. The van der Waals surface area contributed by atoms with E-state index in [2.05, 4.69) is 5.32 Å². The second kappa shape index (κ2) is 10.8. The van der Waals surface area contributed by atoms with Gasteiger partial charge in [-0.1, -0.05) is 35.4 Å². The Bertz CT molecular complexity index is 1250. The van der Waals surface area contributed by atoms with Crippen LogP contribution < -0.4 is 19.1 Å². The molecule has 0 fully saturated rings. The zero-order valence-corrected chi connectivity index (χ0v) is 21.0. The molecule has 0 saturated heterocycles. The molecular formula is C25H27ClN2O5S. The summed E-state index contributed by atoms with van der Waals surface area (Å²) in [5.41, 5.74) is 2.04.